The Morgan fingerprint density at radius 2 is 1.28 bits per heavy atom. The van der Waals surface area contributed by atoms with E-state index in [1.165, 1.54) is 35.4 Å². The topological polar surface area (TPSA) is 317 Å². The van der Waals surface area contributed by atoms with Gasteiger partial charge in [-0.05, 0) is 126 Å². The number of hydrogen-bond donors (Lipinski definition) is 7. The SMILES string of the molecule is Cc1cccc(S(=O)(=O)N2CC(C(=O)N[C@@H](CC(=O)NCCCCc3ccc4c(n3)NCCC4)C(=O)Oc3cc(OCCN(C)C)cc(S(=O)(=O)N4CC(C(=O)N[C@@H](CNC(=O)CCCCc5ccc6c(n5)NCCC6)C(=O)O)C4)c3)C2)c1. The molecule has 83 heavy (non-hydrogen) atoms. The Hall–Kier alpha value is -7.26. The van der Waals surface area contributed by atoms with Gasteiger partial charge >= 0.3 is 11.9 Å². The van der Waals surface area contributed by atoms with Crippen LogP contribution >= 0.6 is 0 Å². The molecule has 4 aromatic rings. The number of pyridine rings is 2. The first-order chi connectivity index (χ1) is 39.7. The highest BCUT2D eigenvalue weighted by molar-refractivity contribution is 7.89. The van der Waals surface area contributed by atoms with Crippen molar-refractivity contribution < 1.29 is 60.2 Å². The number of esters is 1. The fourth-order valence-electron chi connectivity index (χ4n) is 9.85. The molecule has 2 aromatic carbocycles. The second-order valence-electron chi connectivity index (χ2n) is 21.7. The van der Waals surface area contributed by atoms with Crippen LogP contribution in [0.25, 0.3) is 0 Å². The van der Waals surface area contributed by atoms with E-state index in [1.807, 2.05) is 17.0 Å². The number of nitrogens with one attached hydrogen (secondary N) is 6. The Morgan fingerprint density at radius 1 is 0.699 bits per heavy atom. The normalized spacial score (nSPS) is 16.3. The third-order valence-corrected chi connectivity index (χ3v) is 18.5. The summed E-state index contributed by atoms with van der Waals surface area (Å²) < 4.78 is 69.0. The van der Waals surface area contributed by atoms with Gasteiger partial charge in [-0.2, -0.15) is 8.61 Å². The molecule has 0 aliphatic carbocycles. The van der Waals surface area contributed by atoms with Crippen LogP contribution in [0.5, 0.6) is 11.5 Å². The lowest BCUT2D eigenvalue weighted by Gasteiger charge is -2.37. The molecule has 8 rings (SSSR count). The molecular weight excluding hydrogens is 1110 g/mol. The van der Waals surface area contributed by atoms with Gasteiger partial charge in [0.15, 0.2) is 0 Å². The van der Waals surface area contributed by atoms with Gasteiger partial charge in [-0.1, -0.05) is 24.3 Å². The summed E-state index contributed by atoms with van der Waals surface area (Å²) >= 11 is 0. The van der Waals surface area contributed by atoms with Crippen LogP contribution in [0.4, 0.5) is 11.6 Å². The van der Waals surface area contributed by atoms with E-state index < -0.39 is 86.6 Å². The van der Waals surface area contributed by atoms with Crippen LogP contribution in [0.1, 0.15) is 79.4 Å². The first kappa shape index (κ1) is 61.8. The van der Waals surface area contributed by atoms with Crippen molar-refractivity contribution in [3.05, 3.63) is 94.8 Å². The average Bonchev–Trinajstić information content (AvgIpc) is 3.48. The van der Waals surface area contributed by atoms with Crippen molar-refractivity contribution in [1.82, 2.24) is 44.7 Å². The molecule has 0 saturated carbocycles. The standard InChI is InChI=1S/C57H75N11O13S2/c1-37-11-8-16-46(27-37)82(76,77)67-33-40(34-67)54(71)64-48(31-51(70)58-22-7-6-15-43-21-19-39-13-10-24-60-53(39)63-43)57(75)81-45-28-44(80-26-25-66(2)3)29-47(30-45)83(78,79)68-35-41(36-68)55(72)65-49(56(73)74)32-61-50(69)17-5-4-14-42-20-18-38-12-9-23-59-52(38)62-42/h8,11,16,18-21,27-30,40-41,48-49H,4-7,9-10,12-15,17,22-26,31-36H2,1-3H3,(H,58,70)(H,59,62)(H,60,63)(H,61,69)(H,64,71)(H,65,72)(H,73,74)/t48-,49-/m0/s1. The minimum Gasteiger partial charge on any atom is -0.492 e. The predicted octanol–water partition coefficient (Wildman–Crippen LogP) is 2.40. The van der Waals surface area contributed by atoms with Crippen molar-refractivity contribution in [2.24, 2.45) is 11.8 Å². The molecule has 0 spiro atoms. The molecule has 448 valence electrons. The third-order valence-electron chi connectivity index (χ3n) is 14.9. The van der Waals surface area contributed by atoms with Gasteiger partial charge < -0.3 is 51.4 Å². The van der Waals surface area contributed by atoms with Crippen LogP contribution in [-0.2, 0) is 74.5 Å². The maximum absolute atomic E-state index is 14.2. The number of hydrogen-bond acceptors (Lipinski definition) is 17. The Kier molecular flexibility index (Phi) is 21.1. The van der Waals surface area contributed by atoms with E-state index in [4.69, 9.17) is 14.5 Å². The van der Waals surface area contributed by atoms with Crippen LogP contribution in [0.3, 0.4) is 0 Å². The van der Waals surface area contributed by atoms with Gasteiger partial charge in [0.05, 0.1) is 28.0 Å². The van der Waals surface area contributed by atoms with Gasteiger partial charge in [0.2, 0.25) is 43.7 Å². The van der Waals surface area contributed by atoms with Crippen LogP contribution in [0.15, 0.2) is 76.5 Å². The molecule has 4 aliphatic heterocycles. The number of aromatic nitrogens is 2. The lowest BCUT2D eigenvalue weighted by molar-refractivity contribution is -0.143. The Morgan fingerprint density at radius 3 is 1.87 bits per heavy atom. The molecule has 0 bridgehead atoms. The fourth-order valence-corrected chi connectivity index (χ4v) is 13.1. The molecule has 24 nitrogen and oxygen atoms in total. The zero-order valence-electron chi connectivity index (χ0n) is 47.1. The largest absolute Gasteiger partial charge is 0.492 e. The maximum Gasteiger partial charge on any atom is 0.334 e. The number of likely N-dealkylation sites (N-methyl/N-ethyl adjacent to an activating group) is 1. The molecule has 2 saturated heterocycles. The second kappa shape index (κ2) is 28.3. The molecule has 0 unspecified atom stereocenters. The third kappa shape index (κ3) is 17.0. The lowest BCUT2D eigenvalue weighted by atomic mass is 10.0. The van der Waals surface area contributed by atoms with E-state index >= 15 is 0 Å². The van der Waals surface area contributed by atoms with Gasteiger partial charge in [-0.3, -0.25) is 19.2 Å². The number of carboxylic acids is 1. The van der Waals surface area contributed by atoms with Gasteiger partial charge in [0.1, 0.15) is 41.8 Å². The fraction of sp³-hybridized carbons (Fsp3) is 0.509. The summed E-state index contributed by atoms with van der Waals surface area (Å²) in [5.41, 5.74) is 4.92. The van der Waals surface area contributed by atoms with Crippen molar-refractivity contribution in [2.45, 2.75) is 106 Å². The maximum atomic E-state index is 14.2. The number of anilines is 2. The predicted molar refractivity (Wildman–Crippen MR) is 307 cm³/mol. The zero-order valence-corrected chi connectivity index (χ0v) is 48.7. The average molecular weight is 1190 g/mol. The van der Waals surface area contributed by atoms with E-state index in [9.17, 15) is 50.7 Å². The van der Waals surface area contributed by atoms with Gasteiger partial charge in [0.25, 0.3) is 0 Å². The number of unbranched alkanes of at least 4 members (excludes halogenated alkanes) is 2. The highest BCUT2D eigenvalue weighted by atomic mass is 32.2. The van der Waals surface area contributed by atoms with E-state index in [0.717, 1.165) is 82.0 Å². The number of rotatable bonds is 29. The number of benzene rings is 2. The second-order valence-corrected chi connectivity index (χ2v) is 25.6. The highest BCUT2D eigenvalue weighted by Gasteiger charge is 2.44. The van der Waals surface area contributed by atoms with Crippen LogP contribution in [0.2, 0.25) is 0 Å². The quantitative estimate of drug-likeness (QED) is 0.0233. The van der Waals surface area contributed by atoms with Crippen molar-refractivity contribution in [2.75, 3.05) is 90.2 Å². The number of ether oxygens (including phenoxy) is 2. The van der Waals surface area contributed by atoms with E-state index in [1.54, 1.807) is 33.2 Å². The Bertz CT molecular complexity index is 3240. The lowest BCUT2D eigenvalue weighted by Crippen LogP contribution is -2.58. The monoisotopic (exact) mass is 1190 g/mol. The number of aliphatic carboxylic acids is 1. The number of aryl methyl sites for hydroxylation is 5. The molecule has 26 heteroatoms. The summed E-state index contributed by atoms with van der Waals surface area (Å²) in [7, 11) is -4.76. The van der Waals surface area contributed by atoms with E-state index in [-0.39, 0.29) is 72.9 Å². The van der Waals surface area contributed by atoms with Crippen molar-refractivity contribution in [3.8, 4) is 11.5 Å². The summed E-state index contributed by atoms with van der Waals surface area (Å²) in [4.78, 5) is 90.6. The number of sulfonamides is 2. The first-order valence-corrected chi connectivity index (χ1v) is 31.1. The highest BCUT2D eigenvalue weighted by Crippen LogP contribution is 2.33. The summed E-state index contributed by atoms with van der Waals surface area (Å²) in [6.07, 6.45) is 7.43. The number of carbonyl (C=O) groups excluding carboxylic acids is 5. The van der Waals surface area contributed by atoms with E-state index in [0.29, 0.717) is 45.1 Å². The molecule has 4 aliphatic rings. The molecule has 4 amide bonds. The smallest absolute Gasteiger partial charge is 0.334 e. The van der Waals surface area contributed by atoms with Crippen molar-refractivity contribution >= 4 is 67.2 Å². The molecule has 2 aromatic heterocycles. The van der Waals surface area contributed by atoms with Crippen LogP contribution < -0.4 is 41.4 Å². The van der Waals surface area contributed by atoms with E-state index in [2.05, 4.69) is 49.0 Å². The number of nitrogens with zero attached hydrogens (tertiary/aromatic N) is 5. The van der Waals surface area contributed by atoms with Crippen molar-refractivity contribution in [1.29, 1.82) is 0 Å². The number of carbonyl (C=O) groups is 6. The number of fused-ring (bicyclic) bond motifs is 2. The van der Waals surface area contributed by atoms with Gasteiger partial charge in [-0.15, -0.1) is 0 Å². The molecule has 2 atom stereocenters. The minimum atomic E-state index is -4.44. The molecule has 0 radical (unpaired) electrons. The summed E-state index contributed by atoms with van der Waals surface area (Å²) in [5.74, 6) is -5.31. The summed E-state index contributed by atoms with van der Waals surface area (Å²) in [5, 5.41) is 26.9. The molecule has 7 N–H and O–H groups in total. The number of carboxylic acid groups (broad SMARTS) is 1. The van der Waals surface area contributed by atoms with Gasteiger partial charge in [0, 0.05) is 94.9 Å². The van der Waals surface area contributed by atoms with Gasteiger partial charge in [-0.25, -0.2) is 36.4 Å². The Balaban J connectivity index is 0.875. The Labute approximate surface area is 484 Å². The van der Waals surface area contributed by atoms with Crippen LogP contribution in [0, 0.1) is 18.8 Å². The summed E-state index contributed by atoms with van der Waals surface area (Å²) in [6.45, 7) is 2.80. The molecule has 6 heterocycles. The summed E-state index contributed by atoms with van der Waals surface area (Å²) in [6, 6.07) is 15.0. The zero-order chi connectivity index (χ0) is 59.3. The van der Waals surface area contributed by atoms with Crippen molar-refractivity contribution in [3.63, 3.8) is 0 Å². The number of amides is 4. The molecular formula is C57H75N11O13S2. The first-order valence-electron chi connectivity index (χ1n) is 28.3. The van der Waals surface area contributed by atoms with Crippen LogP contribution in [-0.4, -0.2) is 173 Å². The minimum absolute atomic E-state index is 0.00888. The molecule has 2 fully saturated rings.